The van der Waals surface area contributed by atoms with Crippen molar-refractivity contribution in [1.82, 2.24) is 5.32 Å². The number of thioether (sulfide) groups is 1. The molecule has 28 heavy (non-hydrogen) atoms. The molecule has 0 saturated heterocycles. The lowest BCUT2D eigenvalue weighted by Gasteiger charge is -2.12. The molecule has 0 radical (unpaired) electrons. The quantitative estimate of drug-likeness (QED) is 0.482. The summed E-state index contributed by atoms with van der Waals surface area (Å²) in [5.41, 5.74) is 6.94. The van der Waals surface area contributed by atoms with E-state index in [1.807, 2.05) is 19.1 Å². The second-order valence-electron chi connectivity index (χ2n) is 6.59. The van der Waals surface area contributed by atoms with Gasteiger partial charge in [-0.3, -0.25) is 10.8 Å². The molecule has 0 bridgehead atoms. The molecule has 144 valence electrons. The van der Waals surface area contributed by atoms with Gasteiger partial charge in [0.05, 0.1) is 10.6 Å². The van der Waals surface area contributed by atoms with E-state index < -0.39 is 0 Å². The monoisotopic (exact) mass is 431 g/mol. The average molecular weight is 432 g/mol. The van der Waals surface area contributed by atoms with Gasteiger partial charge in [-0.15, -0.1) is 12.4 Å². The van der Waals surface area contributed by atoms with Crippen LogP contribution in [0, 0.1) is 31.6 Å². The van der Waals surface area contributed by atoms with Crippen LogP contribution in [0.15, 0.2) is 40.2 Å². The van der Waals surface area contributed by atoms with Crippen molar-refractivity contribution in [2.75, 3.05) is 5.32 Å². The van der Waals surface area contributed by atoms with Crippen molar-refractivity contribution in [2.24, 2.45) is 4.99 Å². The summed E-state index contributed by atoms with van der Waals surface area (Å²) >= 11 is 7.33. The molecule has 0 atom stereocenters. The van der Waals surface area contributed by atoms with E-state index in [4.69, 9.17) is 22.4 Å². The summed E-state index contributed by atoms with van der Waals surface area (Å²) in [7, 11) is 0. The van der Waals surface area contributed by atoms with Gasteiger partial charge in [0.15, 0.2) is 11.0 Å². The molecule has 2 aromatic carbocycles. The van der Waals surface area contributed by atoms with Crippen molar-refractivity contribution in [3.05, 3.63) is 68.1 Å². The van der Waals surface area contributed by atoms with Gasteiger partial charge in [0.25, 0.3) is 0 Å². The maximum absolute atomic E-state index is 8.36. The van der Waals surface area contributed by atoms with Crippen LogP contribution in [0.25, 0.3) is 5.70 Å². The molecule has 2 aromatic rings. The fourth-order valence-electron chi connectivity index (χ4n) is 3.34. The van der Waals surface area contributed by atoms with Crippen LogP contribution >= 0.6 is 35.8 Å². The van der Waals surface area contributed by atoms with Gasteiger partial charge in [-0.2, -0.15) is 0 Å². The number of hydrogen-bond acceptors (Lipinski definition) is 4. The number of hydrogen-bond donors (Lipinski definition) is 4. The lowest BCUT2D eigenvalue weighted by molar-refractivity contribution is 1.27. The van der Waals surface area contributed by atoms with Crippen molar-refractivity contribution in [2.45, 2.75) is 20.8 Å². The number of anilines is 1. The van der Waals surface area contributed by atoms with Gasteiger partial charge in [-0.05, 0) is 73.5 Å². The summed E-state index contributed by atoms with van der Waals surface area (Å²) in [6, 6.07) is 9.46. The second kappa shape index (κ2) is 7.62. The second-order valence-corrected chi connectivity index (χ2v) is 8.02. The molecule has 2 aliphatic heterocycles. The Hall–Kier alpha value is -2.28. The van der Waals surface area contributed by atoms with Gasteiger partial charge in [0.2, 0.25) is 0 Å². The smallest absolute Gasteiger partial charge is 0.173 e. The number of fused-ring (bicyclic) bond motifs is 1. The number of nitrogens with one attached hydrogen (secondary N) is 4. The minimum Gasteiger partial charge on any atom is -0.339 e. The van der Waals surface area contributed by atoms with Crippen LogP contribution in [0.3, 0.4) is 0 Å². The van der Waals surface area contributed by atoms with Crippen LogP contribution in [0.1, 0.15) is 27.8 Å². The van der Waals surface area contributed by atoms with E-state index in [0.717, 1.165) is 38.5 Å². The minimum absolute atomic E-state index is 0. The number of nitrogens with zero attached hydrogens (tertiary/aromatic N) is 1. The van der Waals surface area contributed by atoms with Crippen LogP contribution in [0.5, 0.6) is 0 Å². The Balaban J connectivity index is 0.00000225. The Labute approximate surface area is 179 Å². The van der Waals surface area contributed by atoms with Crippen LogP contribution < -0.4 is 10.6 Å². The van der Waals surface area contributed by atoms with E-state index in [1.165, 1.54) is 17.3 Å². The van der Waals surface area contributed by atoms with E-state index >= 15 is 0 Å². The third-order valence-corrected chi connectivity index (χ3v) is 5.98. The Morgan fingerprint density at radius 1 is 1.04 bits per heavy atom. The lowest BCUT2D eigenvalue weighted by atomic mass is 9.93. The van der Waals surface area contributed by atoms with Gasteiger partial charge < -0.3 is 10.6 Å². The number of halogens is 2. The van der Waals surface area contributed by atoms with Crippen molar-refractivity contribution >= 4 is 64.0 Å². The number of aliphatic imine (C=N–C) groups is 1. The summed E-state index contributed by atoms with van der Waals surface area (Å²) in [5, 5.41) is 24.4. The molecule has 0 aromatic heterocycles. The fraction of sp³-hybridized carbons (Fsp3) is 0.150. The highest BCUT2D eigenvalue weighted by molar-refractivity contribution is 8.19. The first-order valence-corrected chi connectivity index (χ1v) is 9.64. The molecule has 0 unspecified atom stereocenters. The highest BCUT2D eigenvalue weighted by atomic mass is 35.5. The highest BCUT2D eigenvalue weighted by Gasteiger charge is 2.32. The van der Waals surface area contributed by atoms with Crippen LogP contribution in [-0.4, -0.2) is 16.8 Å². The third-order valence-electron chi connectivity index (χ3n) is 4.74. The van der Waals surface area contributed by atoms with Crippen molar-refractivity contribution in [3.8, 4) is 0 Å². The molecule has 0 fully saturated rings. The van der Waals surface area contributed by atoms with Crippen molar-refractivity contribution in [3.63, 3.8) is 0 Å². The molecule has 4 N–H and O–H groups in total. The molecular weight excluding hydrogens is 413 g/mol. The summed E-state index contributed by atoms with van der Waals surface area (Å²) < 4.78 is 0. The zero-order valence-corrected chi connectivity index (χ0v) is 17.9. The predicted octanol–water partition coefficient (Wildman–Crippen LogP) is 5.48. The van der Waals surface area contributed by atoms with Crippen LogP contribution in [0.2, 0.25) is 5.02 Å². The molecule has 0 saturated carbocycles. The molecule has 2 aliphatic rings. The molecule has 5 nitrogen and oxygen atoms in total. The van der Waals surface area contributed by atoms with Crippen molar-refractivity contribution < 1.29 is 0 Å². The molecule has 0 spiro atoms. The average Bonchev–Trinajstić information content (AvgIpc) is 3.15. The first kappa shape index (κ1) is 20.5. The first-order chi connectivity index (χ1) is 12.8. The maximum atomic E-state index is 8.36. The summed E-state index contributed by atoms with van der Waals surface area (Å²) in [6.45, 7) is 6.15. The largest absolute Gasteiger partial charge is 0.339 e. The van der Waals surface area contributed by atoms with Gasteiger partial charge in [-0.1, -0.05) is 17.7 Å². The fourth-order valence-corrected chi connectivity index (χ4v) is 4.36. The normalized spacial score (nSPS) is 17.8. The summed E-state index contributed by atoms with van der Waals surface area (Å²) in [6.07, 6.45) is 0. The Morgan fingerprint density at radius 2 is 1.71 bits per heavy atom. The molecule has 8 heteroatoms. The van der Waals surface area contributed by atoms with Gasteiger partial charge in [0, 0.05) is 21.8 Å². The zero-order chi connectivity index (χ0) is 19.3. The van der Waals surface area contributed by atoms with Crippen molar-refractivity contribution in [1.29, 1.82) is 10.8 Å². The molecule has 4 rings (SSSR count). The predicted molar refractivity (Wildman–Crippen MR) is 123 cm³/mol. The number of aryl methyl sites for hydroxylation is 2. The van der Waals surface area contributed by atoms with Crippen LogP contribution in [0.4, 0.5) is 5.69 Å². The van der Waals surface area contributed by atoms with E-state index in [9.17, 15) is 0 Å². The number of amidine groups is 3. The van der Waals surface area contributed by atoms with Gasteiger partial charge in [0.1, 0.15) is 5.84 Å². The molecule has 0 amide bonds. The highest BCUT2D eigenvalue weighted by Crippen LogP contribution is 2.40. The number of rotatable bonds is 1. The van der Waals surface area contributed by atoms with E-state index in [-0.39, 0.29) is 18.2 Å². The van der Waals surface area contributed by atoms with Crippen LogP contribution in [-0.2, 0) is 0 Å². The maximum Gasteiger partial charge on any atom is 0.173 e. The topological polar surface area (TPSA) is 84.1 Å². The zero-order valence-electron chi connectivity index (χ0n) is 15.5. The lowest BCUT2D eigenvalue weighted by Crippen LogP contribution is -2.14. The molecule has 2 heterocycles. The van der Waals surface area contributed by atoms with Gasteiger partial charge in [-0.25, -0.2) is 4.99 Å². The standard InChI is InChI=1S/C20H18ClN5S.ClH/c1-9-8-10(2)14-15(11(9)3)16(25-18(14)22)17-19(23)26-20(27-17)24-13-6-4-12(21)5-7-13;/h4-8H,1-3H3,(H2,22,25)(H2,23,24,26);1H. The molecule has 0 aliphatic carbocycles. The molecular formula is C20H19Cl2N5S. The number of benzene rings is 2. The SMILES string of the molecule is Cc1cc(C)c2c(c1C)C(=C1SC(Nc3ccc(Cl)cc3)=NC1=N)NC2=N.Cl. The Bertz CT molecular complexity index is 1070. The van der Waals surface area contributed by atoms with E-state index in [2.05, 4.69) is 35.5 Å². The van der Waals surface area contributed by atoms with E-state index in [1.54, 1.807) is 12.1 Å². The van der Waals surface area contributed by atoms with E-state index in [0.29, 0.717) is 16.0 Å². The third kappa shape index (κ3) is 3.43. The minimum atomic E-state index is 0. The first-order valence-electron chi connectivity index (χ1n) is 8.44. The summed E-state index contributed by atoms with van der Waals surface area (Å²) in [4.78, 5) is 5.08. The summed E-state index contributed by atoms with van der Waals surface area (Å²) in [5.74, 6) is 0.568. The Kier molecular flexibility index (Phi) is 5.57. The Morgan fingerprint density at radius 3 is 2.39 bits per heavy atom. The van der Waals surface area contributed by atoms with Gasteiger partial charge >= 0.3 is 0 Å².